The standard InChI is InChI=1S/C10H13BrO.2C2H6/c1-3-7-8(9(11)4-2)5-6-10(7)12;2*1-2/h3-4,10,12H,1,5-6H2,2H3;2*1-2H3/b9-4+;;. The third-order valence-electron chi connectivity index (χ3n) is 2.14. The number of halogens is 1. The van der Waals surface area contributed by atoms with E-state index in [4.69, 9.17) is 0 Å². The molecule has 1 nitrogen and oxygen atoms in total. The van der Waals surface area contributed by atoms with Gasteiger partial charge in [0, 0.05) is 4.48 Å². The Bertz CT molecular complexity index is 251. The summed E-state index contributed by atoms with van der Waals surface area (Å²) >= 11 is 3.46. The first kappa shape index (κ1) is 18.0. The van der Waals surface area contributed by atoms with Crippen LogP contribution in [0.1, 0.15) is 47.5 Å². The van der Waals surface area contributed by atoms with Crippen LogP contribution in [0, 0.1) is 0 Å². The van der Waals surface area contributed by atoms with E-state index >= 15 is 0 Å². The van der Waals surface area contributed by atoms with Crippen LogP contribution in [0.4, 0.5) is 0 Å². The minimum Gasteiger partial charge on any atom is -0.388 e. The quantitative estimate of drug-likeness (QED) is 0.760. The second-order valence-electron chi connectivity index (χ2n) is 2.83. The zero-order valence-electron chi connectivity index (χ0n) is 11.2. The highest BCUT2D eigenvalue weighted by atomic mass is 79.9. The van der Waals surface area contributed by atoms with Crippen molar-refractivity contribution in [1.29, 1.82) is 0 Å². The third-order valence-corrected chi connectivity index (χ3v) is 3.07. The molecule has 0 heterocycles. The fraction of sp³-hybridized carbons (Fsp3) is 0.571. The Hall–Kier alpha value is -0.340. The minimum atomic E-state index is -0.315. The Morgan fingerprint density at radius 3 is 2.25 bits per heavy atom. The predicted octanol–water partition coefficient (Wildman–Crippen LogP) is 4.97. The number of aliphatic hydroxyl groups excluding tert-OH is 1. The molecule has 0 amide bonds. The molecule has 1 N–H and O–H groups in total. The molecule has 0 aromatic heterocycles. The summed E-state index contributed by atoms with van der Waals surface area (Å²) in [5.41, 5.74) is 2.17. The van der Waals surface area contributed by atoms with Crippen molar-refractivity contribution in [3.05, 3.63) is 34.4 Å². The molecule has 94 valence electrons. The molecule has 1 unspecified atom stereocenters. The first-order chi connectivity index (χ1) is 7.70. The molecule has 0 aromatic carbocycles. The van der Waals surface area contributed by atoms with Gasteiger partial charge in [-0.1, -0.05) is 62.4 Å². The van der Waals surface area contributed by atoms with E-state index in [0.717, 1.165) is 22.9 Å². The van der Waals surface area contributed by atoms with Crippen molar-refractivity contribution in [2.45, 2.75) is 53.6 Å². The molecule has 1 atom stereocenters. The summed E-state index contributed by atoms with van der Waals surface area (Å²) in [5, 5.41) is 9.53. The summed E-state index contributed by atoms with van der Waals surface area (Å²) < 4.78 is 1.08. The van der Waals surface area contributed by atoms with Crippen LogP contribution in [-0.2, 0) is 0 Å². The lowest BCUT2D eigenvalue weighted by molar-refractivity contribution is 0.215. The van der Waals surface area contributed by atoms with Crippen molar-refractivity contribution in [2.24, 2.45) is 0 Å². The van der Waals surface area contributed by atoms with Gasteiger partial charge in [-0.2, -0.15) is 0 Å². The summed E-state index contributed by atoms with van der Waals surface area (Å²) in [5.74, 6) is 0. The van der Waals surface area contributed by atoms with Gasteiger partial charge in [0.15, 0.2) is 0 Å². The molecular formula is C14H25BrO. The van der Waals surface area contributed by atoms with Gasteiger partial charge in [0.1, 0.15) is 0 Å². The molecule has 0 spiro atoms. The van der Waals surface area contributed by atoms with Gasteiger partial charge in [-0.25, -0.2) is 0 Å². The highest BCUT2D eigenvalue weighted by molar-refractivity contribution is 9.12. The number of aliphatic hydroxyl groups is 1. The van der Waals surface area contributed by atoms with Crippen molar-refractivity contribution in [3.63, 3.8) is 0 Å². The molecule has 0 bridgehead atoms. The maximum Gasteiger partial charge on any atom is 0.0796 e. The van der Waals surface area contributed by atoms with Crippen molar-refractivity contribution < 1.29 is 5.11 Å². The molecule has 1 aliphatic rings. The Morgan fingerprint density at radius 1 is 1.38 bits per heavy atom. The van der Waals surface area contributed by atoms with Crippen LogP contribution in [0.15, 0.2) is 34.4 Å². The van der Waals surface area contributed by atoms with Crippen molar-refractivity contribution in [1.82, 2.24) is 0 Å². The average Bonchev–Trinajstić information content (AvgIpc) is 2.74. The summed E-state index contributed by atoms with van der Waals surface area (Å²) in [6.45, 7) is 13.7. The van der Waals surface area contributed by atoms with Crippen LogP contribution in [0.25, 0.3) is 0 Å². The van der Waals surface area contributed by atoms with E-state index in [2.05, 4.69) is 22.5 Å². The highest BCUT2D eigenvalue weighted by Crippen LogP contribution is 2.34. The lowest BCUT2D eigenvalue weighted by Crippen LogP contribution is -2.01. The zero-order chi connectivity index (χ0) is 13.1. The Balaban J connectivity index is 0. The second-order valence-corrected chi connectivity index (χ2v) is 3.68. The number of hydrogen-bond donors (Lipinski definition) is 1. The lowest BCUT2D eigenvalue weighted by atomic mass is 10.1. The van der Waals surface area contributed by atoms with E-state index in [9.17, 15) is 5.11 Å². The van der Waals surface area contributed by atoms with Gasteiger partial charge in [0.05, 0.1) is 6.10 Å². The molecule has 0 radical (unpaired) electrons. The van der Waals surface area contributed by atoms with E-state index in [1.807, 2.05) is 40.7 Å². The lowest BCUT2D eigenvalue weighted by Gasteiger charge is -2.04. The van der Waals surface area contributed by atoms with Gasteiger partial charge in [-0.05, 0) is 30.9 Å². The van der Waals surface area contributed by atoms with Gasteiger partial charge in [0.2, 0.25) is 0 Å². The first-order valence-electron chi connectivity index (χ1n) is 6.06. The second kappa shape index (κ2) is 11.2. The minimum absolute atomic E-state index is 0.315. The van der Waals surface area contributed by atoms with Gasteiger partial charge in [0.25, 0.3) is 0 Å². The molecule has 0 fully saturated rings. The summed E-state index contributed by atoms with van der Waals surface area (Å²) in [6, 6.07) is 0. The molecule has 16 heavy (non-hydrogen) atoms. The number of hydrogen-bond acceptors (Lipinski definition) is 1. The van der Waals surface area contributed by atoms with E-state index < -0.39 is 0 Å². The number of allylic oxidation sites excluding steroid dienone is 3. The Labute approximate surface area is 109 Å². The van der Waals surface area contributed by atoms with Gasteiger partial charge < -0.3 is 5.11 Å². The molecule has 0 aromatic rings. The van der Waals surface area contributed by atoms with Crippen molar-refractivity contribution in [2.75, 3.05) is 0 Å². The maximum atomic E-state index is 9.53. The summed E-state index contributed by atoms with van der Waals surface area (Å²) in [6.07, 6.45) is 5.19. The molecular weight excluding hydrogens is 264 g/mol. The molecule has 0 saturated heterocycles. The van der Waals surface area contributed by atoms with Crippen molar-refractivity contribution in [3.8, 4) is 0 Å². The molecule has 0 saturated carbocycles. The predicted molar refractivity (Wildman–Crippen MR) is 77.8 cm³/mol. The molecule has 0 aliphatic heterocycles. The van der Waals surface area contributed by atoms with Gasteiger partial charge in [-0.3, -0.25) is 0 Å². The van der Waals surface area contributed by atoms with Crippen LogP contribution in [0.5, 0.6) is 0 Å². The normalized spacial score (nSPS) is 19.4. The van der Waals surface area contributed by atoms with Crippen LogP contribution in [0.2, 0.25) is 0 Å². The molecule has 2 heteroatoms. The summed E-state index contributed by atoms with van der Waals surface area (Å²) in [7, 11) is 0. The topological polar surface area (TPSA) is 20.2 Å². The van der Waals surface area contributed by atoms with Crippen LogP contribution in [-0.4, -0.2) is 11.2 Å². The van der Waals surface area contributed by atoms with E-state index in [0.29, 0.717) is 0 Å². The monoisotopic (exact) mass is 288 g/mol. The highest BCUT2D eigenvalue weighted by Gasteiger charge is 2.22. The largest absolute Gasteiger partial charge is 0.388 e. The molecule has 1 aliphatic carbocycles. The van der Waals surface area contributed by atoms with Gasteiger partial charge >= 0.3 is 0 Å². The zero-order valence-corrected chi connectivity index (χ0v) is 12.8. The van der Waals surface area contributed by atoms with E-state index in [-0.39, 0.29) is 6.10 Å². The SMILES string of the molecule is C=CC1=C(/C(Br)=C\C)CCC1O.CC.CC. The van der Waals surface area contributed by atoms with Crippen LogP contribution < -0.4 is 0 Å². The smallest absolute Gasteiger partial charge is 0.0796 e. The fourth-order valence-electron chi connectivity index (χ4n) is 1.47. The maximum absolute atomic E-state index is 9.53. The fourth-order valence-corrected chi connectivity index (χ4v) is 1.90. The van der Waals surface area contributed by atoms with E-state index in [1.54, 1.807) is 6.08 Å². The average molecular weight is 289 g/mol. The molecule has 1 rings (SSSR count). The Kier molecular flexibility index (Phi) is 12.6. The first-order valence-corrected chi connectivity index (χ1v) is 6.85. The Morgan fingerprint density at radius 2 is 1.88 bits per heavy atom. The van der Waals surface area contributed by atoms with Gasteiger partial charge in [-0.15, -0.1) is 0 Å². The van der Waals surface area contributed by atoms with Crippen LogP contribution in [0.3, 0.4) is 0 Å². The van der Waals surface area contributed by atoms with Crippen LogP contribution >= 0.6 is 15.9 Å². The third kappa shape index (κ3) is 5.13. The van der Waals surface area contributed by atoms with Crippen molar-refractivity contribution >= 4 is 15.9 Å². The summed E-state index contributed by atoms with van der Waals surface area (Å²) in [4.78, 5) is 0. The van der Waals surface area contributed by atoms with E-state index in [1.165, 1.54) is 5.57 Å². The number of rotatable bonds is 2.